The molecule has 7 heteroatoms. The predicted molar refractivity (Wildman–Crippen MR) is 49.1 cm³/mol. The number of allylic oxidation sites excluding steroid dienone is 1. The zero-order chi connectivity index (χ0) is 13.6. The smallest absolute Gasteiger partial charge is 0.349 e. The van der Waals surface area contributed by atoms with Gasteiger partial charge in [-0.25, -0.2) is 18.0 Å². The summed E-state index contributed by atoms with van der Waals surface area (Å²) in [6.07, 6.45) is -3.01. The predicted octanol–water partition coefficient (Wildman–Crippen LogP) is 2.69. The van der Waals surface area contributed by atoms with Gasteiger partial charge in [0.05, 0.1) is 0 Å². The summed E-state index contributed by atoms with van der Waals surface area (Å²) in [4.78, 5) is 10.7. The second-order valence-corrected chi connectivity index (χ2v) is 4.27. The van der Waals surface area contributed by atoms with Gasteiger partial charge >= 0.3 is 11.9 Å². The lowest BCUT2D eigenvalue weighted by Crippen LogP contribution is -2.69. The molecule has 0 radical (unpaired) electrons. The number of carboxylic acid groups (broad SMARTS) is 1. The van der Waals surface area contributed by atoms with E-state index in [0.717, 1.165) is 13.8 Å². The van der Waals surface area contributed by atoms with Crippen LogP contribution < -0.4 is 0 Å². The van der Waals surface area contributed by atoms with E-state index in [9.17, 15) is 26.7 Å². The first-order chi connectivity index (χ1) is 7.51. The van der Waals surface area contributed by atoms with Crippen molar-refractivity contribution in [1.82, 2.24) is 0 Å². The van der Waals surface area contributed by atoms with Crippen LogP contribution in [-0.2, 0) is 4.79 Å². The zero-order valence-electron chi connectivity index (χ0n) is 9.05. The Morgan fingerprint density at radius 3 is 2.12 bits per heavy atom. The normalized spacial score (nSPS) is 40.6. The molecular weight excluding hydrogens is 247 g/mol. The summed E-state index contributed by atoms with van der Waals surface area (Å²) >= 11 is 0. The van der Waals surface area contributed by atoms with Gasteiger partial charge in [0.2, 0.25) is 5.67 Å². The topological polar surface area (TPSA) is 37.3 Å². The Balaban J connectivity index is 3.53. The molecule has 98 valence electrons. The number of carbonyl (C=O) groups is 1. The minimum atomic E-state index is -4.75. The number of aliphatic carboxylic acids is 1. The van der Waals surface area contributed by atoms with Crippen LogP contribution in [0.5, 0.6) is 0 Å². The minimum absolute atomic E-state index is 0.0113. The molecule has 17 heavy (non-hydrogen) atoms. The maximum Gasteiger partial charge on any atom is 0.349 e. The van der Waals surface area contributed by atoms with Gasteiger partial charge in [-0.3, -0.25) is 0 Å². The van der Waals surface area contributed by atoms with Crippen molar-refractivity contribution in [2.75, 3.05) is 0 Å². The van der Waals surface area contributed by atoms with E-state index in [1.54, 1.807) is 0 Å². The first-order valence-electron chi connectivity index (χ1n) is 4.84. The number of halogens is 5. The van der Waals surface area contributed by atoms with E-state index in [0.29, 0.717) is 0 Å². The number of alkyl halides is 5. The highest BCUT2D eigenvalue weighted by atomic mass is 19.3. The molecule has 0 aromatic rings. The maximum absolute atomic E-state index is 14.2. The van der Waals surface area contributed by atoms with Crippen molar-refractivity contribution in [3.8, 4) is 0 Å². The van der Waals surface area contributed by atoms with Crippen molar-refractivity contribution in [1.29, 1.82) is 0 Å². The van der Waals surface area contributed by atoms with Gasteiger partial charge in [-0.05, 0) is 18.1 Å². The van der Waals surface area contributed by atoms with E-state index >= 15 is 0 Å². The molecule has 0 bridgehead atoms. The van der Waals surface area contributed by atoms with Crippen LogP contribution in [0.1, 0.15) is 13.8 Å². The highest BCUT2D eigenvalue weighted by Gasteiger charge is 2.76. The number of hydrogen-bond acceptors (Lipinski definition) is 1. The molecule has 0 aromatic heterocycles. The van der Waals surface area contributed by atoms with E-state index in [-0.39, 0.29) is 12.2 Å². The largest absolute Gasteiger partial charge is 0.479 e. The number of carboxylic acids is 1. The molecule has 0 aliphatic heterocycles. The third-order valence-corrected chi connectivity index (χ3v) is 2.96. The summed E-state index contributed by atoms with van der Waals surface area (Å²) in [5, 5.41) is 8.58. The average Bonchev–Trinajstić information content (AvgIpc) is 2.21. The first kappa shape index (κ1) is 13.9. The lowest BCUT2D eigenvalue weighted by molar-refractivity contribution is -0.241. The summed E-state index contributed by atoms with van der Waals surface area (Å²) in [5.41, 5.74) is -8.09. The van der Waals surface area contributed by atoms with Gasteiger partial charge in [-0.15, -0.1) is 0 Å². The summed E-state index contributed by atoms with van der Waals surface area (Å²) in [6.45, 7) is 1.74. The van der Waals surface area contributed by atoms with Crippen LogP contribution in [0.25, 0.3) is 0 Å². The monoisotopic (exact) mass is 258 g/mol. The molecule has 1 N–H and O–H groups in total. The van der Waals surface area contributed by atoms with Crippen LogP contribution in [0, 0.1) is 5.92 Å². The highest BCUT2D eigenvalue weighted by Crippen LogP contribution is 2.54. The van der Waals surface area contributed by atoms with E-state index in [2.05, 4.69) is 0 Å². The zero-order valence-corrected chi connectivity index (χ0v) is 9.05. The fourth-order valence-electron chi connectivity index (χ4n) is 1.93. The standard InChI is InChI=1S/C10H11F5O2/c1-5(2)9(13)8(12,7(16)17)4-3-6(11)10(9,14)15/h3-6H,1-2H3,(H,16,17). The third-order valence-electron chi connectivity index (χ3n) is 2.96. The summed E-state index contributed by atoms with van der Waals surface area (Å²) < 4.78 is 68.1. The molecule has 0 heterocycles. The van der Waals surface area contributed by atoms with Gasteiger partial charge in [0.15, 0.2) is 6.17 Å². The van der Waals surface area contributed by atoms with E-state index in [1.807, 2.05) is 0 Å². The molecule has 1 rings (SSSR count). The number of hydrogen-bond donors (Lipinski definition) is 1. The third kappa shape index (κ3) is 1.47. The second kappa shape index (κ2) is 3.68. The Labute approximate surface area is 94.1 Å². The van der Waals surface area contributed by atoms with Crippen LogP contribution in [0.4, 0.5) is 22.0 Å². The molecule has 0 fully saturated rings. The maximum atomic E-state index is 14.2. The van der Waals surface area contributed by atoms with Gasteiger partial charge < -0.3 is 5.11 Å². The van der Waals surface area contributed by atoms with E-state index in [1.165, 1.54) is 0 Å². The SMILES string of the molecule is CC(C)C1(F)C(F)(C(=O)O)C=CC(F)C1(F)F. The Kier molecular flexibility index (Phi) is 3.01. The first-order valence-corrected chi connectivity index (χ1v) is 4.84. The van der Waals surface area contributed by atoms with Crippen LogP contribution in [0.2, 0.25) is 0 Å². The van der Waals surface area contributed by atoms with Gasteiger partial charge in [0, 0.05) is 0 Å². The van der Waals surface area contributed by atoms with Crippen LogP contribution in [-0.4, -0.2) is 34.5 Å². The molecular formula is C10H11F5O2. The Bertz CT molecular complexity index is 368. The van der Waals surface area contributed by atoms with E-state index < -0.39 is 35.3 Å². The average molecular weight is 258 g/mol. The lowest BCUT2D eigenvalue weighted by Gasteiger charge is -2.45. The van der Waals surface area contributed by atoms with E-state index in [4.69, 9.17) is 5.11 Å². The molecule has 0 spiro atoms. The molecule has 0 amide bonds. The van der Waals surface area contributed by atoms with Crippen molar-refractivity contribution in [3.05, 3.63) is 12.2 Å². The van der Waals surface area contributed by atoms with Crippen LogP contribution in [0.3, 0.4) is 0 Å². The van der Waals surface area contributed by atoms with Gasteiger partial charge in [-0.2, -0.15) is 8.78 Å². The van der Waals surface area contributed by atoms with Crippen molar-refractivity contribution in [2.24, 2.45) is 5.92 Å². The molecule has 1 aliphatic rings. The fraction of sp³-hybridized carbons (Fsp3) is 0.700. The van der Waals surface area contributed by atoms with Crippen molar-refractivity contribution in [3.63, 3.8) is 0 Å². The molecule has 2 nitrogen and oxygen atoms in total. The van der Waals surface area contributed by atoms with Crippen molar-refractivity contribution >= 4 is 5.97 Å². The fourth-order valence-corrected chi connectivity index (χ4v) is 1.93. The lowest BCUT2D eigenvalue weighted by atomic mass is 9.69. The molecule has 1 aliphatic carbocycles. The highest BCUT2D eigenvalue weighted by molar-refractivity contribution is 5.83. The van der Waals surface area contributed by atoms with Crippen molar-refractivity contribution in [2.45, 2.75) is 37.3 Å². The Morgan fingerprint density at radius 2 is 1.76 bits per heavy atom. The number of rotatable bonds is 2. The summed E-state index contributed by atoms with van der Waals surface area (Å²) in [7, 11) is 0. The molecule has 0 saturated carbocycles. The molecule has 0 saturated heterocycles. The van der Waals surface area contributed by atoms with Crippen molar-refractivity contribution < 1.29 is 31.9 Å². The second-order valence-electron chi connectivity index (χ2n) is 4.27. The minimum Gasteiger partial charge on any atom is -0.479 e. The summed E-state index contributed by atoms with van der Waals surface area (Å²) in [5.74, 6) is -8.87. The van der Waals surface area contributed by atoms with Gasteiger partial charge in [-0.1, -0.05) is 13.8 Å². The Morgan fingerprint density at radius 1 is 1.29 bits per heavy atom. The van der Waals surface area contributed by atoms with Gasteiger partial charge in [0.1, 0.15) is 0 Å². The van der Waals surface area contributed by atoms with Crippen LogP contribution in [0.15, 0.2) is 12.2 Å². The summed E-state index contributed by atoms with van der Waals surface area (Å²) in [6, 6.07) is 0. The quantitative estimate of drug-likeness (QED) is 0.610. The molecule has 3 atom stereocenters. The van der Waals surface area contributed by atoms with Gasteiger partial charge in [0.25, 0.3) is 5.67 Å². The van der Waals surface area contributed by atoms with Crippen LogP contribution >= 0.6 is 0 Å². The Hall–Kier alpha value is -1.14. The molecule has 0 aromatic carbocycles. The molecule has 3 unspecified atom stereocenters.